The molecule has 0 saturated carbocycles. The van der Waals surface area contributed by atoms with Gasteiger partial charge in [0, 0.05) is 5.56 Å². The van der Waals surface area contributed by atoms with Gasteiger partial charge in [-0.25, -0.2) is 4.79 Å². The van der Waals surface area contributed by atoms with Gasteiger partial charge < -0.3 is 20.5 Å². The lowest BCUT2D eigenvalue weighted by atomic mass is 10.1. The molecule has 0 atom stereocenters. The summed E-state index contributed by atoms with van der Waals surface area (Å²) in [7, 11) is 1.53. The number of ether oxygens (including phenoxy) is 2. The van der Waals surface area contributed by atoms with Crippen LogP contribution in [-0.4, -0.2) is 31.5 Å². The van der Waals surface area contributed by atoms with Crippen LogP contribution in [0.1, 0.15) is 20.7 Å². The highest BCUT2D eigenvalue weighted by Gasteiger charge is 2.16. The first-order valence-electron chi connectivity index (χ1n) is 7.01. The Bertz CT molecular complexity index is 756. The molecule has 0 unspecified atom stereocenters. The number of nitrogens with two attached hydrogens (primary N) is 1. The van der Waals surface area contributed by atoms with Gasteiger partial charge in [-0.05, 0) is 36.4 Å². The van der Waals surface area contributed by atoms with Crippen LogP contribution in [0.5, 0.6) is 5.75 Å². The average Bonchev–Trinajstić information content (AvgIpc) is 2.60. The number of rotatable bonds is 6. The molecule has 0 aliphatic heterocycles. The van der Waals surface area contributed by atoms with Crippen molar-refractivity contribution in [3.63, 3.8) is 0 Å². The molecule has 7 heteroatoms. The Morgan fingerprint density at radius 1 is 1.04 bits per heavy atom. The minimum absolute atomic E-state index is 0.126. The maximum atomic E-state index is 12.3. The second kappa shape index (κ2) is 7.77. The Labute approximate surface area is 138 Å². The molecule has 2 aromatic carbocycles. The zero-order valence-electron chi connectivity index (χ0n) is 12.9. The van der Waals surface area contributed by atoms with Gasteiger partial charge in [0.25, 0.3) is 11.8 Å². The third kappa shape index (κ3) is 4.33. The van der Waals surface area contributed by atoms with E-state index >= 15 is 0 Å². The van der Waals surface area contributed by atoms with E-state index < -0.39 is 24.4 Å². The summed E-state index contributed by atoms with van der Waals surface area (Å²) in [6.45, 7) is -0.528. The molecule has 2 amide bonds. The van der Waals surface area contributed by atoms with Gasteiger partial charge in [0.2, 0.25) is 0 Å². The smallest absolute Gasteiger partial charge is 0.340 e. The molecule has 2 aromatic rings. The predicted molar refractivity (Wildman–Crippen MR) is 86.9 cm³/mol. The van der Waals surface area contributed by atoms with Crippen LogP contribution in [0.15, 0.2) is 48.5 Å². The standard InChI is InChI=1S/C17H16N2O5/c1-23-12-8-6-11(7-9-12)16(21)19-14-5-3-2-4-13(14)17(22)24-10-15(18)20/h2-9H,10H2,1H3,(H2,18,20)(H,19,21). The maximum Gasteiger partial charge on any atom is 0.340 e. The van der Waals surface area contributed by atoms with E-state index in [-0.39, 0.29) is 11.3 Å². The van der Waals surface area contributed by atoms with Crippen molar-refractivity contribution in [1.82, 2.24) is 0 Å². The Morgan fingerprint density at radius 3 is 2.33 bits per heavy atom. The van der Waals surface area contributed by atoms with E-state index in [1.807, 2.05) is 0 Å². The molecule has 0 heterocycles. The zero-order valence-corrected chi connectivity index (χ0v) is 12.9. The molecule has 0 bridgehead atoms. The topological polar surface area (TPSA) is 108 Å². The molecular weight excluding hydrogens is 312 g/mol. The minimum atomic E-state index is -0.761. The van der Waals surface area contributed by atoms with E-state index in [2.05, 4.69) is 5.32 Å². The molecule has 0 aliphatic carbocycles. The Balaban J connectivity index is 2.15. The molecule has 0 aromatic heterocycles. The molecule has 0 fully saturated rings. The van der Waals surface area contributed by atoms with Gasteiger partial charge in [-0.3, -0.25) is 9.59 Å². The van der Waals surface area contributed by atoms with Crippen molar-refractivity contribution in [3.05, 3.63) is 59.7 Å². The van der Waals surface area contributed by atoms with Gasteiger partial charge in [0.15, 0.2) is 6.61 Å². The largest absolute Gasteiger partial charge is 0.497 e. The summed E-state index contributed by atoms with van der Waals surface area (Å²) in [6.07, 6.45) is 0. The molecule has 0 saturated heterocycles. The van der Waals surface area contributed by atoms with Crippen LogP contribution >= 0.6 is 0 Å². The quantitative estimate of drug-likeness (QED) is 0.783. The van der Waals surface area contributed by atoms with Crippen LogP contribution in [0.4, 0.5) is 5.69 Å². The summed E-state index contributed by atoms with van der Waals surface area (Å²) in [6, 6.07) is 12.8. The van der Waals surface area contributed by atoms with Gasteiger partial charge >= 0.3 is 5.97 Å². The van der Waals surface area contributed by atoms with Crippen molar-refractivity contribution < 1.29 is 23.9 Å². The van der Waals surface area contributed by atoms with E-state index in [0.717, 1.165) is 0 Å². The first-order chi connectivity index (χ1) is 11.5. The highest BCUT2D eigenvalue weighted by atomic mass is 16.5. The number of amides is 2. The number of hydrogen-bond donors (Lipinski definition) is 2. The summed E-state index contributed by atoms with van der Waals surface area (Å²) in [5.41, 5.74) is 5.74. The van der Waals surface area contributed by atoms with E-state index in [0.29, 0.717) is 11.3 Å². The summed E-state index contributed by atoms with van der Waals surface area (Å²) < 4.78 is 9.80. The van der Waals surface area contributed by atoms with Crippen molar-refractivity contribution in [2.24, 2.45) is 5.73 Å². The number of anilines is 1. The van der Waals surface area contributed by atoms with Crippen LogP contribution < -0.4 is 15.8 Å². The molecule has 3 N–H and O–H groups in total. The number of para-hydroxylation sites is 1. The monoisotopic (exact) mass is 328 g/mol. The fourth-order valence-corrected chi connectivity index (χ4v) is 1.92. The molecule has 7 nitrogen and oxygen atoms in total. The van der Waals surface area contributed by atoms with Crippen molar-refractivity contribution in [3.8, 4) is 5.75 Å². The van der Waals surface area contributed by atoms with Crippen LogP contribution in [0.2, 0.25) is 0 Å². The third-order valence-corrected chi connectivity index (χ3v) is 3.09. The first-order valence-corrected chi connectivity index (χ1v) is 7.01. The van der Waals surface area contributed by atoms with E-state index in [1.165, 1.54) is 13.2 Å². The highest BCUT2D eigenvalue weighted by Crippen LogP contribution is 2.18. The summed E-state index contributed by atoms with van der Waals surface area (Å²) in [5.74, 6) is -1.28. The highest BCUT2D eigenvalue weighted by molar-refractivity contribution is 6.08. The number of benzene rings is 2. The number of carbonyl (C=O) groups is 3. The van der Waals surface area contributed by atoms with Crippen molar-refractivity contribution in [1.29, 1.82) is 0 Å². The molecular formula is C17H16N2O5. The number of methoxy groups -OCH3 is 1. The van der Waals surface area contributed by atoms with Crippen molar-refractivity contribution >= 4 is 23.5 Å². The summed E-state index contributed by atoms with van der Waals surface area (Å²) in [5, 5.41) is 2.64. The maximum absolute atomic E-state index is 12.3. The van der Waals surface area contributed by atoms with Crippen LogP contribution in [0, 0.1) is 0 Å². The zero-order chi connectivity index (χ0) is 17.5. The number of esters is 1. The number of nitrogens with one attached hydrogen (secondary N) is 1. The van der Waals surface area contributed by atoms with Crippen LogP contribution in [0.3, 0.4) is 0 Å². The number of carbonyl (C=O) groups excluding carboxylic acids is 3. The van der Waals surface area contributed by atoms with E-state index in [1.54, 1.807) is 42.5 Å². The fraction of sp³-hybridized carbons (Fsp3) is 0.118. The second-order valence-corrected chi connectivity index (χ2v) is 4.77. The number of primary amides is 1. The average molecular weight is 328 g/mol. The van der Waals surface area contributed by atoms with Gasteiger partial charge in [0.05, 0.1) is 18.4 Å². The van der Waals surface area contributed by atoms with E-state index in [9.17, 15) is 14.4 Å². The minimum Gasteiger partial charge on any atom is -0.497 e. The lowest BCUT2D eigenvalue weighted by molar-refractivity contribution is -0.121. The number of hydrogen-bond acceptors (Lipinski definition) is 5. The molecule has 2 rings (SSSR count). The molecule has 24 heavy (non-hydrogen) atoms. The predicted octanol–water partition coefficient (Wildman–Crippen LogP) is 1.59. The summed E-state index contributed by atoms with van der Waals surface area (Å²) in [4.78, 5) is 35.0. The molecule has 0 aliphatic rings. The normalized spacial score (nSPS) is 9.88. The van der Waals surface area contributed by atoms with Crippen molar-refractivity contribution in [2.75, 3.05) is 19.0 Å². The SMILES string of the molecule is COc1ccc(C(=O)Nc2ccccc2C(=O)OCC(N)=O)cc1. The van der Waals surface area contributed by atoms with Crippen LogP contribution in [0.25, 0.3) is 0 Å². The fourth-order valence-electron chi connectivity index (χ4n) is 1.92. The van der Waals surface area contributed by atoms with Gasteiger partial charge in [0.1, 0.15) is 5.75 Å². The molecule has 0 spiro atoms. The van der Waals surface area contributed by atoms with Crippen LogP contribution in [-0.2, 0) is 9.53 Å². The van der Waals surface area contributed by atoms with Gasteiger partial charge in [-0.1, -0.05) is 12.1 Å². The lowest BCUT2D eigenvalue weighted by Gasteiger charge is -2.10. The Hall–Kier alpha value is -3.35. The Kier molecular flexibility index (Phi) is 5.51. The first kappa shape index (κ1) is 17.0. The lowest BCUT2D eigenvalue weighted by Crippen LogP contribution is -2.22. The molecule has 124 valence electrons. The van der Waals surface area contributed by atoms with Crippen molar-refractivity contribution in [2.45, 2.75) is 0 Å². The second-order valence-electron chi connectivity index (χ2n) is 4.77. The summed E-state index contributed by atoms with van der Waals surface area (Å²) >= 11 is 0. The van der Waals surface area contributed by atoms with Gasteiger partial charge in [-0.15, -0.1) is 0 Å². The van der Waals surface area contributed by atoms with Gasteiger partial charge in [-0.2, -0.15) is 0 Å². The Morgan fingerprint density at radius 2 is 1.71 bits per heavy atom. The molecule has 0 radical (unpaired) electrons. The van der Waals surface area contributed by atoms with E-state index in [4.69, 9.17) is 15.2 Å². The third-order valence-electron chi connectivity index (χ3n) is 3.09.